The Hall–Kier alpha value is -2.36. The Balaban J connectivity index is 2.16. The molecule has 2 rings (SSSR count). The van der Waals surface area contributed by atoms with Gasteiger partial charge < -0.3 is 11.1 Å². The topological polar surface area (TPSA) is 55.1 Å². The number of anilines is 1. The molecular weight excluding hydrogens is 267 g/mol. The van der Waals surface area contributed by atoms with E-state index >= 15 is 0 Å². The lowest BCUT2D eigenvalue weighted by molar-refractivity contribution is 0.0934. The number of nitrogens with one attached hydrogen (secondary N) is 1. The normalized spacial score (nSPS) is 11.9. The van der Waals surface area contributed by atoms with Crippen LogP contribution in [-0.4, -0.2) is 5.91 Å². The highest BCUT2D eigenvalue weighted by molar-refractivity contribution is 5.94. The van der Waals surface area contributed by atoms with Gasteiger partial charge in [-0.15, -0.1) is 0 Å². The quantitative estimate of drug-likeness (QED) is 0.824. The minimum absolute atomic E-state index is 0.0414. The fourth-order valence-electron chi connectivity index (χ4n) is 2.21. The molecule has 0 spiro atoms. The third kappa shape index (κ3) is 3.81. The summed E-state index contributed by atoms with van der Waals surface area (Å²) >= 11 is 0. The molecule has 21 heavy (non-hydrogen) atoms. The first-order valence-corrected chi connectivity index (χ1v) is 7.02. The number of nitrogen functional groups attached to an aromatic ring is 1. The summed E-state index contributed by atoms with van der Waals surface area (Å²) in [5.41, 5.74) is 6.79. The van der Waals surface area contributed by atoms with Crippen molar-refractivity contribution >= 4 is 11.6 Å². The molecule has 2 aromatic rings. The Morgan fingerprint density at radius 1 is 1.24 bits per heavy atom. The molecule has 1 amide bonds. The molecule has 3 N–H and O–H groups in total. The molecule has 0 aliphatic heterocycles. The SMILES string of the molecule is CCCC(NC(=O)c1ccc(N)c(F)c1)c1ccccc1. The van der Waals surface area contributed by atoms with E-state index < -0.39 is 5.82 Å². The zero-order chi connectivity index (χ0) is 15.2. The second-order valence-corrected chi connectivity index (χ2v) is 4.96. The monoisotopic (exact) mass is 286 g/mol. The number of halogens is 1. The van der Waals surface area contributed by atoms with E-state index in [0.29, 0.717) is 0 Å². The summed E-state index contributed by atoms with van der Waals surface area (Å²) in [5, 5.41) is 2.95. The van der Waals surface area contributed by atoms with Crippen LogP contribution in [0, 0.1) is 5.82 Å². The Morgan fingerprint density at radius 3 is 2.57 bits per heavy atom. The standard InChI is InChI=1S/C17H19FN2O/c1-2-6-16(12-7-4-3-5-8-12)20-17(21)13-9-10-15(19)14(18)11-13/h3-5,7-11,16H,2,6,19H2,1H3,(H,20,21). The van der Waals surface area contributed by atoms with E-state index in [-0.39, 0.29) is 23.2 Å². The molecular formula is C17H19FN2O. The molecule has 0 heterocycles. The fourth-order valence-corrected chi connectivity index (χ4v) is 2.21. The van der Waals surface area contributed by atoms with Crippen molar-refractivity contribution in [1.29, 1.82) is 0 Å². The molecule has 3 nitrogen and oxygen atoms in total. The summed E-state index contributed by atoms with van der Waals surface area (Å²) in [6, 6.07) is 13.8. The summed E-state index contributed by atoms with van der Waals surface area (Å²) < 4.78 is 13.4. The number of nitrogens with two attached hydrogens (primary N) is 1. The highest BCUT2D eigenvalue weighted by Crippen LogP contribution is 2.19. The molecule has 0 saturated carbocycles. The van der Waals surface area contributed by atoms with Gasteiger partial charge in [0, 0.05) is 5.56 Å². The maximum Gasteiger partial charge on any atom is 0.251 e. The zero-order valence-electron chi connectivity index (χ0n) is 12.0. The molecule has 1 unspecified atom stereocenters. The van der Waals surface area contributed by atoms with Gasteiger partial charge in [0.2, 0.25) is 0 Å². The van der Waals surface area contributed by atoms with Crippen LogP contribution in [0.1, 0.15) is 41.7 Å². The Morgan fingerprint density at radius 2 is 1.95 bits per heavy atom. The molecule has 2 aromatic carbocycles. The lowest BCUT2D eigenvalue weighted by Gasteiger charge is -2.18. The maximum atomic E-state index is 13.4. The summed E-state index contributed by atoms with van der Waals surface area (Å²) in [7, 11) is 0. The van der Waals surface area contributed by atoms with Gasteiger partial charge in [0.1, 0.15) is 5.82 Å². The zero-order valence-corrected chi connectivity index (χ0v) is 12.0. The van der Waals surface area contributed by atoms with Crippen molar-refractivity contribution in [2.24, 2.45) is 0 Å². The Kier molecular flexibility index (Phi) is 4.93. The second kappa shape index (κ2) is 6.88. The van der Waals surface area contributed by atoms with Crippen LogP contribution >= 0.6 is 0 Å². The molecule has 0 aliphatic carbocycles. The first-order chi connectivity index (χ1) is 10.1. The molecule has 110 valence electrons. The van der Waals surface area contributed by atoms with E-state index in [0.717, 1.165) is 18.4 Å². The molecule has 0 bridgehead atoms. The van der Waals surface area contributed by atoms with Crippen LogP contribution in [0.5, 0.6) is 0 Å². The molecule has 0 fully saturated rings. The third-order valence-electron chi connectivity index (χ3n) is 3.35. The number of amides is 1. The maximum absolute atomic E-state index is 13.4. The van der Waals surface area contributed by atoms with Crippen molar-refractivity contribution in [3.05, 3.63) is 65.5 Å². The van der Waals surface area contributed by atoms with Gasteiger partial charge in [0.25, 0.3) is 5.91 Å². The van der Waals surface area contributed by atoms with E-state index in [1.54, 1.807) is 0 Å². The van der Waals surface area contributed by atoms with Crippen molar-refractivity contribution in [1.82, 2.24) is 5.32 Å². The molecule has 0 saturated heterocycles. The molecule has 0 aliphatic rings. The Labute approximate surface area is 124 Å². The molecule has 1 atom stereocenters. The van der Waals surface area contributed by atoms with Gasteiger partial charge in [-0.05, 0) is 30.2 Å². The number of hydrogen-bond acceptors (Lipinski definition) is 2. The van der Waals surface area contributed by atoms with Gasteiger partial charge in [0.05, 0.1) is 11.7 Å². The first-order valence-electron chi connectivity index (χ1n) is 7.02. The van der Waals surface area contributed by atoms with Crippen molar-refractivity contribution in [2.75, 3.05) is 5.73 Å². The summed E-state index contributed by atoms with van der Waals surface area (Å²) in [6.45, 7) is 2.06. The van der Waals surface area contributed by atoms with Crippen molar-refractivity contribution < 1.29 is 9.18 Å². The Bertz CT molecular complexity index is 613. The largest absolute Gasteiger partial charge is 0.396 e. The van der Waals surface area contributed by atoms with E-state index in [2.05, 4.69) is 12.2 Å². The number of rotatable bonds is 5. The van der Waals surface area contributed by atoms with Gasteiger partial charge in [-0.2, -0.15) is 0 Å². The van der Waals surface area contributed by atoms with Crippen molar-refractivity contribution in [3.63, 3.8) is 0 Å². The highest BCUT2D eigenvalue weighted by Gasteiger charge is 2.15. The van der Waals surface area contributed by atoms with Gasteiger partial charge in [-0.25, -0.2) is 4.39 Å². The van der Waals surface area contributed by atoms with Gasteiger partial charge in [-0.3, -0.25) is 4.79 Å². The van der Waals surface area contributed by atoms with Crippen molar-refractivity contribution in [2.45, 2.75) is 25.8 Å². The van der Waals surface area contributed by atoms with Crippen LogP contribution < -0.4 is 11.1 Å². The number of carbonyl (C=O) groups excluding carboxylic acids is 1. The van der Waals surface area contributed by atoms with E-state index in [1.165, 1.54) is 18.2 Å². The van der Waals surface area contributed by atoms with Crippen LogP contribution in [0.25, 0.3) is 0 Å². The van der Waals surface area contributed by atoms with Crippen LogP contribution in [0.3, 0.4) is 0 Å². The minimum atomic E-state index is -0.575. The van der Waals surface area contributed by atoms with E-state index in [9.17, 15) is 9.18 Å². The van der Waals surface area contributed by atoms with E-state index in [1.807, 2.05) is 30.3 Å². The average molecular weight is 286 g/mol. The lowest BCUT2D eigenvalue weighted by Crippen LogP contribution is -2.28. The summed E-state index contributed by atoms with van der Waals surface area (Å²) in [5.74, 6) is -0.870. The third-order valence-corrected chi connectivity index (χ3v) is 3.35. The van der Waals surface area contributed by atoms with Gasteiger partial charge >= 0.3 is 0 Å². The highest BCUT2D eigenvalue weighted by atomic mass is 19.1. The molecule has 0 aromatic heterocycles. The van der Waals surface area contributed by atoms with E-state index in [4.69, 9.17) is 5.73 Å². The van der Waals surface area contributed by atoms with Crippen molar-refractivity contribution in [3.8, 4) is 0 Å². The summed E-state index contributed by atoms with van der Waals surface area (Å²) in [6.07, 6.45) is 1.77. The van der Waals surface area contributed by atoms with Crippen LogP contribution in [0.2, 0.25) is 0 Å². The number of hydrogen-bond donors (Lipinski definition) is 2. The predicted octanol–water partition coefficient (Wildman–Crippen LogP) is 3.68. The van der Waals surface area contributed by atoms with Crippen LogP contribution in [0.4, 0.5) is 10.1 Å². The smallest absolute Gasteiger partial charge is 0.251 e. The minimum Gasteiger partial charge on any atom is -0.396 e. The van der Waals surface area contributed by atoms with Crippen LogP contribution in [0.15, 0.2) is 48.5 Å². The van der Waals surface area contributed by atoms with Crippen LogP contribution in [-0.2, 0) is 0 Å². The van der Waals surface area contributed by atoms with Gasteiger partial charge in [-0.1, -0.05) is 43.7 Å². The lowest BCUT2D eigenvalue weighted by atomic mass is 10.0. The number of carbonyl (C=O) groups is 1. The molecule has 4 heteroatoms. The predicted molar refractivity (Wildman–Crippen MR) is 82.4 cm³/mol. The summed E-state index contributed by atoms with van der Waals surface area (Å²) in [4.78, 5) is 12.2. The second-order valence-electron chi connectivity index (χ2n) is 4.96. The molecule has 0 radical (unpaired) electrons. The van der Waals surface area contributed by atoms with Gasteiger partial charge in [0.15, 0.2) is 0 Å². The fraction of sp³-hybridized carbons (Fsp3) is 0.235. The first kappa shape index (κ1) is 15.0. The number of benzene rings is 2. The average Bonchev–Trinajstić information content (AvgIpc) is 2.50.